The highest BCUT2D eigenvalue weighted by atomic mass is 16.5. The number of hydrogen-bond donors (Lipinski definition) is 1. The van der Waals surface area contributed by atoms with Crippen LogP contribution in [-0.2, 0) is 9.53 Å². The standard InChI is InChI=1S/C23H29N3O3/c1-4-25-11-13-26(14-12-25)20-9-7-19(8-10-20)24-22(27)16-29-23(28)21-15-17(2)5-6-18(21)3/h5-10,15H,4,11-14,16H2,1-3H3,(H,24,27). The maximum absolute atomic E-state index is 12.2. The molecule has 0 aromatic heterocycles. The average Bonchev–Trinajstić information content (AvgIpc) is 2.74. The van der Waals surface area contributed by atoms with Crippen molar-refractivity contribution >= 4 is 23.3 Å². The molecule has 1 heterocycles. The number of rotatable bonds is 6. The summed E-state index contributed by atoms with van der Waals surface area (Å²) < 4.78 is 5.17. The monoisotopic (exact) mass is 395 g/mol. The summed E-state index contributed by atoms with van der Waals surface area (Å²) in [7, 11) is 0. The van der Waals surface area contributed by atoms with Gasteiger partial charge in [-0.2, -0.15) is 0 Å². The molecule has 0 spiro atoms. The van der Waals surface area contributed by atoms with Gasteiger partial charge in [-0.05, 0) is 56.3 Å². The zero-order valence-corrected chi connectivity index (χ0v) is 17.4. The normalized spacial score (nSPS) is 14.5. The zero-order valence-electron chi connectivity index (χ0n) is 17.4. The fourth-order valence-corrected chi connectivity index (χ4v) is 3.44. The van der Waals surface area contributed by atoms with Crippen LogP contribution in [-0.4, -0.2) is 56.1 Å². The fourth-order valence-electron chi connectivity index (χ4n) is 3.44. The Bertz CT molecular complexity index is 856. The number of esters is 1. The van der Waals surface area contributed by atoms with Crippen LogP contribution in [0.3, 0.4) is 0 Å². The topological polar surface area (TPSA) is 61.9 Å². The van der Waals surface area contributed by atoms with E-state index in [1.165, 1.54) is 0 Å². The van der Waals surface area contributed by atoms with E-state index in [9.17, 15) is 9.59 Å². The lowest BCUT2D eigenvalue weighted by Crippen LogP contribution is -2.46. The molecule has 2 aromatic rings. The van der Waals surface area contributed by atoms with Crippen molar-refractivity contribution in [1.82, 2.24) is 4.90 Å². The number of nitrogens with one attached hydrogen (secondary N) is 1. The van der Waals surface area contributed by atoms with Crippen LogP contribution in [0.15, 0.2) is 42.5 Å². The molecule has 1 N–H and O–H groups in total. The highest BCUT2D eigenvalue weighted by molar-refractivity contribution is 5.96. The molecule has 6 heteroatoms. The molecule has 0 aliphatic carbocycles. The number of piperazine rings is 1. The summed E-state index contributed by atoms with van der Waals surface area (Å²) in [5.74, 6) is -0.837. The Morgan fingerprint density at radius 2 is 1.69 bits per heavy atom. The molecule has 0 unspecified atom stereocenters. The van der Waals surface area contributed by atoms with Gasteiger partial charge in [0.1, 0.15) is 0 Å². The van der Waals surface area contributed by atoms with Crippen LogP contribution in [0.1, 0.15) is 28.4 Å². The van der Waals surface area contributed by atoms with Crippen molar-refractivity contribution in [2.24, 2.45) is 0 Å². The van der Waals surface area contributed by atoms with Gasteiger partial charge in [-0.3, -0.25) is 4.79 Å². The first-order valence-electron chi connectivity index (χ1n) is 10.1. The smallest absolute Gasteiger partial charge is 0.338 e. The first-order valence-corrected chi connectivity index (χ1v) is 10.1. The minimum Gasteiger partial charge on any atom is -0.452 e. The lowest BCUT2D eigenvalue weighted by atomic mass is 10.1. The molecule has 1 saturated heterocycles. The van der Waals surface area contributed by atoms with Crippen LogP contribution < -0.4 is 10.2 Å². The van der Waals surface area contributed by atoms with Gasteiger partial charge in [0, 0.05) is 37.6 Å². The van der Waals surface area contributed by atoms with Gasteiger partial charge in [0.15, 0.2) is 6.61 Å². The molecule has 1 amide bonds. The third-order valence-electron chi connectivity index (χ3n) is 5.28. The molecular formula is C23H29N3O3. The van der Waals surface area contributed by atoms with E-state index >= 15 is 0 Å². The molecular weight excluding hydrogens is 366 g/mol. The van der Waals surface area contributed by atoms with Crippen molar-refractivity contribution in [3.63, 3.8) is 0 Å². The molecule has 2 aromatic carbocycles. The second-order valence-electron chi connectivity index (χ2n) is 7.41. The first kappa shape index (κ1) is 20.9. The molecule has 154 valence electrons. The van der Waals surface area contributed by atoms with Crippen molar-refractivity contribution in [2.45, 2.75) is 20.8 Å². The average molecular weight is 396 g/mol. The predicted octanol–water partition coefficient (Wildman–Crippen LogP) is 3.24. The molecule has 3 rings (SSSR count). The van der Waals surface area contributed by atoms with Gasteiger partial charge in [-0.25, -0.2) is 4.79 Å². The van der Waals surface area contributed by atoms with Crippen molar-refractivity contribution in [2.75, 3.05) is 49.5 Å². The minimum absolute atomic E-state index is 0.313. The molecule has 1 aliphatic rings. The van der Waals surface area contributed by atoms with E-state index < -0.39 is 5.97 Å². The predicted molar refractivity (Wildman–Crippen MR) is 116 cm³/mol. The second kappa shape index (κ2) is 9.56. The Balaban J connectivity index is 1.49. The molecule has 1 aliphatic heterocycles. The van der Waals surface area contributed by atoms with Crippen molar-refractivity contribution in [3.8, 4) is 0 Å². The lowest BCUT2D eigenvalue weighted by Gasteiger charge is -2.35. The van der Waals surface area contributed by atoms with E-state index in [-0.39, 0.29) is 12.5 Å². The van der Waals surface area contributed by atoms with Crippen molar-refractivity contribution < 1.29 is 14.3 Å². The summed E-state index contributed by atoms with van der Waals surface area (Å²) in [6, 6.07) is 13.4. The largest absolute Gasteiger partial charge is 0.452 e. The van der Waals surface area contributed by atoms with Gasteiger partial charge in [-0.1, -0.05) is 24.6 Å². The third kappa shape index (κ3) is 5.57. The highest BCUT2D eigenvalue weighted by Crippen LogP contribution is 2.19. The molecule has 6 nitrogen and oxygen atoms in total. The van der Waals surface area contributed by atoms with E-state index in [4.69, 9.17) is 4.74 Å². The molecule has 29 heavy (non-hydrogen) atoms. The van der Waals surface area contributed by atoms with Crippen LogP contribution in [0, 0.1) is 13.8 Å². The number of anilines is 2. The molecule has 0 bridgehead atoms. The summed E-state index contributed by atoms with van der Waals surface area (Å²) in [5.41, 5.74) is 4.14. The van der Waals surface area contributed by atoms with E-state index in [1.54, 1.807) is 6.07 Å². The summed E-state index contributed by atoms with van der Waals surface area (Å²) in [4.78, 5) is 29.2. The van der Waals surface area contributed by atoms with Crippen LogP contribution >= 0.6 is 0 Å². The number of hydrogen-bond acceptors (Lipinski definition) is 5. The van der Waals surface area contributed by atoms with Gasteiger partial charge < -0.3 is 19.9 Å². The number of aryl methyl sites for hydroxylation is 2. The Hall–Kier alpha value is -2.86. The Morgan fingerprint density at radius 1 is 1.00 bits per heavy atom. The number of carbonyl (C=O) groups is 2. The van der Waals surface area contributed by atoms with Gasteiger partial charge in [0.05, 0.1) is 5.56 Å². The third-order valence-corrected chi connectivity index (χ3v) is 5.28. The van der Waals surface area contributed by atoms with Crippen LogP contribution in [0.4, 0.5) is 11.4 Å². The van der Waals surface area contributed by atoms with Crippen LogP contribution in [0.5, 0.6) is 0 Å². The van der Waals surface area contributed by atoms with Gasteiger partial charge in [0.25, 0.3) is 5.91 Å². The van der Waals surface area contributed by atoms with Gasteiger partial charge in [-0.15, -0.1) is 0 Å². The highest BCUT2D eigenvalue weighted by Gasteiger charge is 2.16. The van der Waals surface area contributed by atoms with E-state index in [1.807, 2.05) is 50.2 Å². The molecule has 0 atom stereocenters. The van der Waals surface area contributed by atoms with E-state index in [2.05, 4.69) is 22.0 Å². The Labute approximate surface area is 172 Å². The van der Waals surface area contributed by atoms with Crippen LogP contribution in [0.2, 0.25) is 0 Å². The maximum atomic E-state index is 12.2. The number of benzene rings is 2. The van der Waals surface area contributed by atoms with E-state index in [0.717, 1.165) is 49.5 Å². The molecule has 1 fully saturated rings. The molecule has 0 radical (unpaired) electrons. The van der Waals surface area contributed by atoms with Crippen LogP contribution in [0.25, 0.3) is 0 Å². The summed E-state index contributed by atoms with van der Waals surface area (Å²) in [5, 5.41) is 2.78. The zero-order chi connectivity index (χ0) is 20.8. The Kier molecular flexibility index (Phi) is 6.88. The summed E-state index contributed by atoms with van der Waals surface area (Å²) >= 11 is 0. The lowest BCUT2D eigenvalue weighted by molar-refractivity contribution is -0.119. The summed E-state index contributed by atoms with van der Waals surface area (Å²) in [6.07, 6.45) is 0. The van der Waals surface area contributed by atoms with Gasteiger partial charge in [0.2, 0.25) is 0 Å². The van der Waals surface area contributed by atoms with Crippen molar-refractivity contribution in [1.29, 1.82) is 0 Å². The number of likely N-dealkylation sites (N-methyl/N-ethyl adjacent to an activating group) is 1. The number of carbonyl (C=O) groups excluding carboxylic acids is 2. The quantitative estimate of drug-likeness (QED) is 0.761. The second-order valence-corrected chi connectivity index (χ2v) is 7.41. The minimum atomic E-state index is -0.483. The molecule has 0 saturated carbocycles. The fraction of sp³-hybridized carbons (Fsp3) is 0.391. The maximum Gasteiger partial charge on any atom is 0.338 e. The van der Waals surface area contributed by atoms with Crippen molar-refractivity contribution in [3.05, 3.63) is 59.2 Å². The van der Waals surface area contributed by atoms with E-state index in [0.29, 0.717) is 11.3 Å². The number of amides is 1. The first-order chi connectivity index (χ1) is 14.0. The number of ether oxygens (including phenoxy) is 1. The SMILES string of the molecule is CCN1CCN(c2ccc(NC(=O)COC(=O)c3cc(C)ccc3C)cc2)CC1. The number of nitrogens with zero attached hydrogens (tertiary/aromatic N) is 2. The van der Waals surface area contributed by atoms with Gasteiger partial charge >= 0.3 is 5.97 Å². The Morgan fingerprint density at radius 3 is 2.34 bits per heavy atom. The summed E-state index contributed by atoms with van der Waals surface area (Å²) in [6.45, 7) is 10.9.